The standard InChI is InChI=1S/C33H41N3O4.C2HF3O2/c1-39-28-11-12-30(26-20-34-36(21-26)27-6-2-3-7-27)32(18-28)35-15-13-23(14-16-35)22-40-29-8-4-5-25(17-29)31(19-33(37)38)24-9-10-24;3-2(4,5)1(6)7/h4-5,8,11-12,17-18,20-21,23-24,27,31H,2-3,6-7,9-10,13-16,19,22H2,1H3,(H,37,38);(H,6,7). The van der Waals surface area contributed by atoms with E-state index >= 15 is 0 Å². The summed E-state index contributed by atoms with van der Waals surface area (Å²) in [6.07, 6.45) is 8.75. The van der Waals surface area contributed by atoms with Crippen LogP contribution in [0, 0.1) is 11.8 Å². The highest BCUT2D eigenvalue weighted by atomic mass is 19.4. The van der Waals surface area contributed by atoms with Crippen molar-refractivity contribution in [1.82, 2.24) is 9.78 Å². The first kappa shape index (κ1) is 34.1. The van der Waals surface area contributed by atoms with Crippen LogP contribution in [0.4, 0.5) is 18.9 Å². The van der Waals surface area contributed by atoms with Crippen molar-refractivity contribution in [1.29, 1.82) is 0 Å². The molecule has 2 saturated carbocycles. The molecule has 2 aliphatic carbocycles. The van der Waals surface area contributed by atoms with Crippen molar-refractivity contribution >= 4 is 17.6 Å². The number of carboxylic acids is 2. The van der Waals surface area contributed by atoms with Gasteiger partial charge in [0.15, 0.2) is 0 Å². The summed E-state index contributed by atoms with van der Waals surface area (Å²) in [5, 5.41) is 21.2. The molecule has 2 heterocycles. The van der Waals surface area contributed by atoms with Gasteiger partial charge in [0, 0.05) is 42.2 Å². The van der Waals surface area contributed by atoms with E-state index in [1.165, 1.54) is 42.5 Å². The zero-order valence-electron chi connectivity index (χ0n) is 26.5. The Hall–Kier alpha value is -4.22. The monoisotopic (exact) mass is 657 g/mol. The van der Waals surface area contributed by atoms with Crippen LogP contribution in [0.1, 0.15) is 75.3 Å². The molecule has 0 bridgehead atoms. The first-order valence-electron chi connectivity index (χ1n) is 16.2. The number of ether oxygens (including phenoxy) is 2. The van der Waals surface area contributed by atoms with Crippen LogP contribution in [-0.4, -0.2) is 64.9 Å². The van der Waals surface area contributed by atoms with Crippen molar-refractivity contribution in [3.63, 3.8) is 0 Å². The molecule has 1 aliphatic heterocycles. The number of halogens is 3. The molecule has 1 saturated heterocycles. The van der Waals surface area contributed by atoms with E-state index in [0.29, 0.717) is 24.5 Å². The summed E-state index contributed by atoms with van der Waals surface area (Å²) in [6.45, 7) is 2.62. The molecule has 1 atom stereocenters. The van der Waals surface area contributed by atoms with Crippen LogP contribution in [0.5, 0.6) is 11.5 Å². The van der Waals surface area contributed by atoms with Gasteiger partial charge in [0.05, 0.1) is 32.4 Å². The fraction of sp³-hybridized carbons (Fsp3) is 0.514. The number of carboxylic acid groups (broad SMARTS) is 2. The van der Waals surface area contributed by atoms with E-state index in [9.17, 15) is 23.1 Å². The van der Waals surface area contributed by atoms with Crippen molar-refractivity contribution in [3.8, 4) is 22.6 Å². The number of hydrogen-bond donors (Lipinski definition) is 2. The number of rotatable bonds is 11. The highest BCUT2D eigenvalue weighted by molar-refractivity contribution is 5.79. The minimum atomic E-state index is -5.08. The maximum atomic E-state index is 11.4. The van der Waals surface area contributed by atoms with Crippen molar-refractivity contribution in [2.24, 2.45) is 11.8 Å². The molecule has 3 fully saturated rings. The van der Waals surface area contributed by atoms with E-state index in [0.717, 1.165) is 55.8 Å². The number of anilines is 1. The number of aromatic nitrogens is 2. The van der Waals surface area contributed by atoms with Gasteiger partial charge in [0.2, 0.25) is 0 Å². The highest BCUT2D eigenvalue weighted by Crippen LogP contribution is 2.45. The second-order valence-electron chi connectivity index (χ2n) is 12.7. The maximum absolute atomic E-state index is 11.4. The zero-order chi connectivity index (χ0) is 33.6. The van der Waals surface area contributed by atoms with Gasteiger partial charge in [-0.05, 0) is 86.1 Å². The van der Waals surface area contributed by atoms with E-state index in [2.05, 4.69) is 40.0 Å². The number of hydrogen-bond acceptors (Lipinski definition) is 6. The Morgan fingerprint density at radius 3 is 2.30 bits per heavy atom. The van der Waals surface area contributed by atoms with Crippen molar-refractivity contribution < 1.29 is 42.4 Å². The molecule has 0 radical (unpaired) electrons. The van der Waals surface area contributed by atoms with E-state index in [1.807, 2.05) is 24.4 Å². The quantitative estimate of drug-likeness (QED) is 0.217. The second-order valence-corrected chi connectivity index (χ2v) is 12.7. The minimum Gasteiger partial charge on any atom is -0.497 e. The Labute approximate surface area is 272 Å². The lowest BCUT2D eigenvalue weighted by Gasteiger charge is -2.34. The topological polar surface area (TPSA) is 114 Å². The third-order valence-corrected chi connectivity index (χ3v) is 9.37. The average molecular weight is 658 g/mol. The first-order valence-corrected chi connectivity index (χ1v) is 16.2. The van der Waals surface area contributed by atoms with Crippen LogP contribution >= 0.6 is 0 Å². The third kappa shape index (κ3) is 9.20. The first-order chi connectivity index (χ1) is 22.5. The van der Waals surface area contributed by atoms with E-state index in [4.69, 9.17) is 24.5 Å². The molecule has 0 amide bonds. The molecular weight excluding hydrogens is 615 g/mol. The summed E-state index contributed by atoms with van der Waals surface area (Å²) in [4.78, 5) is 22.8. The Morgan fingerprint density at radius 1 is 0.979 bits per heavy atom. The molecule has 1 unspecified atom stereocenters. The second kappa shape index (κ2) is 15.1. The molecule has 0 spiro atoms. The SMILES string of the molecule is COc1ccc(-c2cnn(C3CCCC3)c2)c(N2CCC(COc3cccc(C(CC(=O)O)C4CC4)c3)CC2)c1.O=C(O)C(F)(F)F. The number of carbonyl (C=O) groups is 2. The lowest BCUT2D eigenvalue weighted by atomic mass is 9.91. The van der Waals surface area contributed by atoms with Gasteiger partial charge in [0.25, 0.3) is 0 Å². The van der Waals surface area contributed by atoms with Crippen LogP contribution in [0.15, 0.2) is 54.9 Å². The molecule has 12 heteroatoms. The zero-order valence-corrected chi connectivity index (χ0v) is 26.5. The van der Waals surface area contributed by atoms with Gasteiger partial charge in [-0.1, -0.05) is 25.0 Å². The molecule has 3 aromatic rings. The Bertz CT molecular complexity index is 1510. The van der Waals surface area contributed by atoms with E-state index in [-0.39, 0.29) is 12.3 Å². The lowest BCUT2D eigenvalue weighted by molar-refractivity contribution is -0.192. The lowest BCUT2D eigenvalue weighted by Crippen LogP contribution is -2.35. The van der Waals surface area contributed by atoms with Crippen LogP contribution in [-0.2, 0) is 9.59 Å². The average Bonchev–Trinajstić information content (AvgIpc) is 3.51. The fourth-order valence-electron chi connectivity index (χ4n) is 6.62. The number of benzene rings is 2. The summed E-state index contributed by atoms with van der Waals surface area (Å²) >= 11 is 0. The van der Waals surface area contributed by atoms with Gasteiger partial charge in [-0.3, -0.25) is 9.48 Å². The van der Waals surface area contributed by atoms with Gasteiger partial charge in [0.1, 0.15) is 11.5 Å². The number of alkyl halides is 3. The fourth-order valence-corrected chi connectivity index (χ4v) is 6.62. The van der Waals surface area contributed by atoms with Crippen molar-refractivity contribution in [2.75, 3.05) is 31.7 Å². The predicted octanol–water partition coefficient (Wildman–Crippen LogP) is 7.57. The van der Waals surface area contributed by atoms with Crippen molar-refractivity contribution in [2.45, 2.75) is 75.9 Å². The summed E-state index contributed by atoms with van der Waals surface area (Å²) in [5.41, 5.74) is 4.69. The van der Waals surface area contributed by atoms with E-state index in [1.54, 1.807) is 7.11 Å². The summed E-state index contributed by atoms with van der Waals surface area (Å²) in [7, 11) is 1.73. The predicted molar refractivity (Wildman–Crippen MR) is 170 cm³/mol. The van der Waals surface area contributed by atoms with Gasteiger partial charge in [-0.25, -0.2) is 4.79 Å². The molecule has 9 nitrogen and oxygen atoms in total. The normalized spacial score (nSPS) is 17.9. The Morgan fingerprint density at radius 2 is 1.68 bits per heavy atom. The number of aliphatic carboxylic acids is 2. The number of piperidine rings is 1. The summed E-state index contributed by atoms with van der Waals surface area (Å²) in [5.74, 6) is -0.688. The number of nitrogens with zero attached hydrogens (tertiary/aromatic N) is 3. The molecule has 2 N–H and O–H groups in total. The van der Waals surface area contributed by atoms with Crippen molar-refractivity contribution in [3.05, 3.63) is 60.4 Å². The van der Waals surface area contributed by atoms with Gasteiger partial charge in [-0.15, -0.1) is 0 Å². The smallest absolute Gasteiger partial charge is 0.490 e. The third-order valence-electron chi connectivity index (χ3n) is 9.37. The molecular formula is C35H42F3N3O6. The van der Waals surface area contributed by atoms with Gasteiger partial charge >= 0.3 is 18.1 Å². The van der Waals surface area contributed by atoms with Crippen LogP contribution in [0.3, 0.4) is 0 Å². The summed E-state index contributed by atoms with van der Waals surface area (Å²) in [6, 6.07) is 15.0. The van der Waals surface area contributed by atoms with E-state index < -0.39 is 18.1 Å². The Balaban J connectivity index is 0.000000559. The summed E-state index contributed by atoms with van der Waals surface area (Å²) < 4.78 is 45.8. The largest absolute Gasteiger partial charge is 0.497 e. The molecule has 1 aromatic heterocycles. The maximum Gasteiger partial charge on any atom is 0.490 e. The highest BCUT2D eigenvalue weighted by Gasteiger charge is 2.38. The number of methoxy groups -OCH3 is 1. The molecule has 254 valence electrons. The molecule has 2 aromatic carbocycles. The van der Waals surface area contributed by atoms with Gasteiger partial charge < -0.3 is 24.6 Å². The molecule has 6 rings (SSSR count). The van der Waals surface area contributed by atoms with Crippen LogP contribution in [0.2, 0.25) is 0 Å². The molecule has 3 aliphatic rings. The Kier molecular flexibility index (Phi) is 11.0. The molecule has 47 heavy (non-hydrogen) atoms. The van der Waals surface area contributed by atoms with Crippen LogP contribution in [0.25, 0.3) is 11.1 Å². The minimum absolute atomic E-state index is 0.0895. The van der Waals surface area contributed by atoms with Gasteiger partial charge in [-0.2, -0.15) is 18.3 Å². The van der Waals surface area contributed by atoms with Crippen LogP contribution < -0.4 is 14.4 Å².